The van der Waals surface area contributed by atoms with Crippen LogP contribution in [-0.4, -0.2) is 0 Å². The van der Waals surface area contributed by atoms with Gasteiger partial charge in [0.15, 0.2) is 0 Å². The second kappa shape index (κ2) is 5.14. The molecule has 0 saturated carbocycles. The highest BCUT2D eigenvalue weighted by atomic mass is 35.5. The molecule has 1 atom stereocenters. The fourth-order valence-corrected chi connectivity index (χ4v) is 3.27. The average Bonchev–Trinajstić information content (AvgIpc) is 2.42. The lowest BCUT2D eigenvalue weighted by atomic mass is 9.70. The van der Waals surface area contributed by atoms with Crippen LogP contribution in [0.15, 0.2) is 48.5 Å². The standard InChI is InChI=1S/C18H20ClN/c1-18(2)11-10-13-6-3-4-9-16(13)17(18)20-15-8-5-7-14(19)12-15/h3-9,12,17,20H,10-11H2,1-2H3. The molecule has 3 rings (SSSR count). The van der Waals surface area contributed by atoms with Crippen LogP contribution in [0.4, 0.5) is 5.69 Å². The molecule has 2 aromatic carbocycles. The molecule has 1 N–H and O–H groups in total. The maximum atomic E-state index is 6.09. The first-order valence-electron chi connectivity index (χ1n) is 7.16. The number of benzene rings is 2. The molecule has 2 aromatic rings. The van der Waals surface area contributed by atoms with Crippen molar-refractivity contribution in [1.29, 1.82) is 0 Å². The van der Waals surface area contributed by atoms with E-state index in [2.05, 4.69) is 49.5 Å². The van der Waals surface area contributed by atoms with Crippen molar-refractivity contribution in [2.24, 2.45) is 5.41 Å². The highest BCUT2D eigenvalue weighted by Gasteiger charge is 2.35. The van der Waals surface area contributed by atoms with E-state index < -0.39 is 0 Å². The molecule has 0 saturated heterocycles. The number of halogens is 1. The Morgan fingerprint density at radius 3 is 2.70 bits per heavy atom. The van der Waals surface area contributed by atoms with Crippen LogP contribution in [0.5, 0.6) is 0 Å². The van der Waals surface area contributed by atoms with E-state index in [4.69, 9.17) is 11.6 Å². The summed E-state index contributed by atoms with van der Waals surface area (Å²) in [6.07, 6.45) is 2.36. The Kier molecular flexibility index (Phi) is 3.47. The molecule has 0 aromatic heterocycles. The fraction of sp³-hybridized carbons (Fsp3) is 0.333. The van der Waals surface area contributed by atoms with E-state index in [1.54, 1.807) is 0 Å². The van der Waals surface area contributed by atoms with Crippen LogP contribution in [0.25, 0.3) is 0 Å². The summed E-state index contributed by atoms with van der Waals surface area (Å²) in [5.74, 6) is 0. The average molecular weight is 286 g/mol. The number of hydrogen-bond donors (Lipinski definition) is 1. The van der Waals surface area contributed by atoms with Gasteiger partial charge in [-0.1, -0.05) is 55.8 Å². The predicted octanol–water partition coefficient (Wildman–Crippen LogP) is 5.47. The van der Waals surface area contributed by atoms with E-state index >= 15 is 0 Å². The first kappa shape index (κ1) is 13.5. The maximum absolute atomic E-state index is 6.09. The maximum Gasteiger partial charge on any atom is 0.0567 e. The molecule has 0 fully saturated rings. The predicted molar refractivity (Wildman–Crippen MR) is 86.4 cm³/mol. The molecule has 1 aliphatic carbocycles. The lowest BCUT2D eigenvalue weighted by Crippen LogP contribution is -2.33. The molecule has 1 aliphatic rings. The van der Waals surface area contributed by atoms with Crippen LogP contribution in [0.1, 0.15) is 37.4 Å². The van der Waals surface area contributed by atoms with Crippen molar-refractivity contribution < 1.29 is 0 Å². The summed E-state index contributed by atoms with van der Waals surface area (Å²) >= 11 is 6.09. The van der Waals surface area contributed by atoms with Crippen molar-refractivity contribution in [2.75, 3.05) is 5.32 Å². The minimum Gasteiger partial charge on any atom is -0.378 e. The van der Waals surface area contributed by atoms with Gasteiger partial charge in [0.25, 0.3) is 0 Å². The third-order valence-corrected chi connectivity index (χ3v) is 4.56. The first-order valence-corrected chi connectivity index (χ1v) is 7.54. The number of anilines is 1. The third kappa shape index (κ3) is 2.55. The molecule has 0 amide bonds. The lowest BCUT2D eigenvalue weighted by molar-refractivity contribution is 0.265. The molecule has 20 heavy (non-hydrogen) atoms. The Bertz CT molecular complexity index is 618. The van der Waals surface area contributed by atoms with E-state index in [0.29, 0.717) is 6.04 Å². The number of aryl methyl sites for hydroxylation is 1. The van der Waals surface area contributed by atoms with Gasteiger partial charge in [0, 0.05) is 10.7 Å². The SMILES string of the molecule is CC1(C)CCc2ccccc2C1Nc1cccc(Cl)c1. The van der Waals surface area contributed by atoms with Gasteiger partial charge in [-0.3, -0.25) is 0 Å². The topological polar surface area (TPSA) is 12.0 Å². The minimum atomic E-state index is 0.233. The van der Waals surface area contributed by atoms with E-state index in [0.717, 1.165) is 17.1 Å². The molecule has 0 aliphatic heterocycles. The van der Waals surface area contributed by atoms with E-state index in [9.17, 15) is 0 Å². The summed E-state index contributed by atoms with van der Waals surface area (Å²) in [5.41, 5.74) is 4.21. The van der Waals surface area contributed by atoms with Crippen molar-refractivity contribution in [1.82, 2.24) is 0 Å². The second-order valence-corrected chi connectivity index (χ2v) is 6.71. The number of rotatable bonds is 2. The molecular weight excluding hydrogens is 266 g/mol. The van der Waals surface area contributed by atoms with Gasteiger partial charge in [-0.15, -0.1) is 0 Å². The van der Waals surface area contributed by atoms with Crippen molar-refractivity contribution in [3.05, 3.63) is 64.7 Å². The highest BCUT2D eigenvalue weighted by molar-refractivity contribution is 6.30. The van der Waals surface area contributed by atoms with Crippen molar-refractivity contribution >= 4 is 17.3 Å². The summed E-state index contributed by atoms with van der Waals surface area (Å²) in [6, 6.07) is 17.1. The number of hydrogen-bond acceptors (Lipinski definition) is 1. The summed E-state index contributed by atoms with van der Waals surface area (Å²) in [6.45, 7) is 4.68. The van der Waals surface area contributed by atoms with Crippen LogP contribution >= 0.6 is 11.6 Å². The van der Waals surface area contributed by atoms with Gasteiger partial charge in [0.05, 0.1) is 6.04 Å². The molecule has 0 bridgehead atoms. The van der Waals surface area contributed by atoms with Crippen LogP contribution < -0.4 is 5.32 Å². The summed E-state index contributed by atoms with van der Waals surface area (Å²) in [7, 11) is 0. The van der Waals surface area contributed by atoms with Gasteiger partial charge < -0.3 is 5.32 Å². The molecule has 104 valence electrons. The Balaban J connectivity index is 1.97. The van der Waals surface area contributed by atoms with Crippen molar-refractivity contribution in [2.45, 2.75) is 32.7 Å². The Morgan fingerprint density at radius 2 is 1.90 bits per heavy atom. The summed E-state index contributed by atoms with van der Waals surface area (Å²) in [5, 5.41) is 4.46. The van der Waals surface area contributed by atoms with Crippen LogP contribution in [0.2, 0.25) is 5.02 Å². The van der Waals surface area contributed by atoms with E-state index in [-0.39, 0.29) is 5.41 Å². The van der Waals surface area contributed by atoms with Crippen LogP contribution in [-0.2, 0) is 6.42 Å². The molecule has 1 nitrogen and oxygen atoms in total. The lowest BCUT2D eigenvalue weighted by Gasteiger charge is -2.41. The Morgan fingerprint density at radius 1 is 1.10 bits per heavy atom. The van der Waals surface area contributed by atoms with Crippen molar-refractivity contribution in [3.8, 4) is 0 Å². The molecule has 0 heterocycles. The van der Waals surface area contributed by atoms with Gasteiger partial charge in [0.1, 0.15) is 0 Å². The van der Waals surface area contributed by atoms with Gasteiger partial charge in [-0.25, -0.2) is 0 Å². The van der Waals surface area contributed by atoms with E-state index in [1.165, 1.54) is 17.5 Å². The fourth-order valence-electron chi connectivity index (χ4n) is 3.08. The second-order valence-electron chi connectivity index (χ2n) is 6.28. The number of fused-ring (bicyclic) bond motifs is 1. The molecule has 0 radical (unpaired) electrons. The van der Waals surface area contributed by atoms with Crippen molar-refractivity contribution in [3.63, 3.8) is 0 Å². The number of nitrogens with one attached hydrogen (secondary N) is 1. The van der Waals surface area contributed by atoms with Gasteiger partial charge >= 0.3 is 0 Å². The van der Waals surface area contributed by atoms with Gasteiger partial charge in [-0.05, 0) is 47.6 Å². The van der Waals surface area contributed by atoms with Crippen LogP contribution in [0, 0.1) is 5.41 Å². The smallest absolute Gasteiger partial charge is 0.0567 e. The molecule has 2 heteroatoms. The summed E-state index contributed by atoms with van der Waals surface area (Å²) in [4.78, 5) is 0. The summed E-state index contributed by atoms with van der Waals surface area (Å²) < 4.78 is 0. The zero-order valence-electron chi connectivity index (χ0n) is 12.0. The molecular formula is C18H20ClN. The zero-order valence-corrected chi connectivity index (χ0v) is 12.7. The molecule has 1 unspecified atom stereocenters. The first-order chi connectivity index (χ1) is 9.56. The zero-order chi connectivity index (χ0) is 14.2. The third-order valence-electron chi connectivity index (χ3n) is 4.32. The van der Waals surface area contributed by atoms with E-state index in [1.807, 2.05) is 18.2 Å². The van der Waals surface area contributed by atoms with Gasteiger partial charge in [-0.2, -0.15) is 0 Å². The highest BCUT2D eigenvalue weighted by Crippen LogP contribution is 2.45. The Hall–Kier alpha value is -1.47. The Labute approximate surface area is 126 Å². The monoisotopic (exact) mass is 285 g/mol. The van der Waals surface area contributed by atoms with Gasteiger partial charge in [0.2, 0.25) is 0 Å². The molecule has 0 spiro atoms. The largest absolute Gasteiger partial charge is 0.378 e. The minimum absolute atomic E-state index is 0.233. The normalized spacial score (nSPS) is 20.2. The quantitative estimate of drug-likeness (QED) is 0.772. The van der Waals surface area contributed by atoms with Crippen LogP contribution in [0.3, 0.4) is 0 Å².